The molecule has 0 unspecified atom stereocenters. The number of hydrogen-bond donors (Lipinski definition) is 1. The van der Waals surface area contributed by atoms with Gasteiger partial charge in [-0.15, -0.1) is 11.3 Å². The molecule has 2 heterocycles. The zero-order chi connectivity index (χ0) is 16.0. The van der Waals surface area contributed by atoms with E-state index in [4.69, 9.17) is 0 Å². The Morgan fingerprint density at radius 3 is 2.58 bits per heavy atom. The van der Waals surface area contributed by atoms with Crippen molar-refractivity contribution in [1.29, 1.82) is 0 Å². The van der Waals surface area contributed by atoms with Crippen molar-refractivity contribution in [1.82, 2.24) is 16.1 Å². The Balaban J connectivity index is 0.00000169. The zero-order valence-corrected chi connectivity index (χ0v) is 14.6. The van der Waals surface area contributed by atoms with E-state index in [1.54, 1.807) is 29.5 Å². The van der Waals surface area contributed by atoms with Gasteiger partial charge in [0.1, 0.15) is 0 Å². The molecular formula is C17H15N3O2S2. The van der Waals surface area contributed by atoms with Gasteiger partial charge in [-0.2, -0.15) is 0 Å². The number of thiazole rings is 1. The molecule has 122 valence electrons. The second kappa shape index (κ2) is 5.94. The summed E-state index contributed by atoms with van der Waals surface area (Å²) >= 11 is 1.61. The Labute approximate surface area is 143 Å². The normalized spacial score (nSPS) is 11.5. The molecule has 0 aliphatic heterocycles. The predicted octanol–water partition coefficient (Wildman–Crippen LogP) is 4.08. The van der Waals surface area contributed by atoms with Gasteiger partial charge in [0.05, 0.1) is 31.8 Å². The summed E-state index contributed by atoms with van der Waals surface area (Å²) in [6.07, 6.45) is 1.21. The van der Waals surface area contributed by atoms with Gasteiger partial charge in [0.25, 0.3) is 0 Å². The molecule has 0 amide bonds. The Bertz CT molecular complexity index is 1150. The van der Waals surface area contributed by atoms with Crippen LogP contribution < -0.4 is 6.15 Å². The lowest BCUT2D eigenvalue weighted by atomic mass is 10.1. The van der Waals surface area contributed by atoms with Crippen LogP contribution in [-0.2, 0) is 9.84 Å². The highest BCUT2D eigenvalue weighted by Crippen LogP contribution is 2.27. The first-order chi connectivity index (χ1) is 11.0. The second-order valence-electron chi connectivity index (χ2n) is 5.36. The lowest BCUT2D eigenvalue weighted by Gasteiger charge is -2.05. The minimum absolute atomic E-state index is 0. The number of rotatable bonds is 2. The average molecular weight is 357 g/mol. The van der Waals surface area contributed by atoms with Crippen molar-refractivity contribution >= 4 is 42.3 Å². The van der Waals surface area contributed by atoms with Gasteiger partial charge in [-0.25, -0.2) is 18.4 Å². The fourth-order valence-corrected chi connectivity index (χ4v) is 3.83. The lowest BCUT2D eigenvalue weighted by Crippen LogP contribution is -1.97. The fraction of sp³-hybridized carbons (Fsp3) is 0.0588. The van der Waals surface area contributed by atoms with Crippen LogP contribution in [0.3, 0.4) is 0 Å². The van der Waals surface area contributed by atoms with Crippen LogP contribution in [0.25, 0.3) is 32.4 Å². The largest absolute Gasteiger partial charge is 0.344 e. The Kier molecular flexibility index (Phi) is 4.08. The molecule has 2 aromatic heterocycles. The van der Waals surface area contributed by atoms with Gasteiger partial charge in [0.2, 0.25) is 0 Å². The first-order valence-electron chi connectivity index (χ1n) is 6.95. The highest BCUT2D eigenvalue weighted by Gasteiger charge is 2.09. The molecule has 0 atom stereocenters. The van der Waals surface area contributed by atoms with Gasteiger partial charge in [-0.3, -0.25) is 0 Å². The summed E-state index contributed by atoms with van der Waals surface area (Å²) in [5.41, 5.74) is 5.40. The van der Waals surface area contributed by atoms with Gasteiger partial charge in [0, 0.05) is 17.2 Å². The summed E-state index contributed by atoms with van der Waals surface area (Å²) in [5.74, 6) is 0. The van der Waals surface area contributed by atoms with E-state index < -0.39 is 9.84 Å². The number of pyridine rings is 1. The second-order valence-corrected chi connectivity index (χ2v) is 8.26. The molecule has 24 heavy (non-hydrogen) atoms. The third-order valence-electron chi connectivity index (χ3n) is 3.71. The molecule has 7 heteroatoms. The molecule has 4 rings (SSSR count). The van der Waals surface area contributed by atoms with Crippen molar-refractivity contribution in [2.24, 2.45) is 0 Å². The minimum atomic E-state index is -3.21. The SMILES string of the molecule is CS(=O)(=O)c1ccc2nc(-c3ccc4scnc4c3)ccc2c1.N. The van der Waals surface area contributed by atoms with Gasteiger partial charge in [-0.05, 0) is 36.4 Å². The summed E-state index contributed by atoms with van der Waals surface area (Å²) in [7, 11) is -3.21. The van der Waals surface area contributed by atoms with E-state index in [9.17, 15) is 8.42 Å². The highest BCUT2D eigenvalue weighted by atomic mass is 32.2. The summed E-state index contributed by atoms with van der Waals surface area (Å²) in [5, 5.41) is 0.811. The van der Waals surface area contributed by atoms with E-state index in [-0.39, 0.29) is 6.15 Å². The molecule has 0 radical (unpaired) electrons. The van der Waals surface area contributed by atoms with Gasteiger partial charge in [-0.1, -0.05) is 12.1 Å². The first kappa shape index (κ1) is 16.5. The van der Waals surface area contributed by atoms with Crippen molar-refractivity contribution in [3.05, 3.63) is 54.0 Å². The van der Waals surface area contributed by atoms with Crippen LogP contribution in [0.1, 0.15) is 0 Å². The van der Waals surface area contributed by atoms with Crippen LogP contribution in [0.2, 0.25) is 0 Å². The van der Waals surface area contributed by atoms with E-state index in [0.29, 0.717) is 4.90 Å². The van der Waals surface area contributed by atoms with Crippen molar-refractivity contribution < 1.29 is 8.42 Å². The average Bonchev–Trinajstić information content (AvgIpc) is 3.00. The molecule has 0 saturated carbocycles. The van der Waals surface area contributed by atoms with Crippen LogP contribution in [0, 0.1) is 0 Å². The molecule has 0 aliphatic rings. The molecular weight excluding hydrogens is 342 g/mol. The Morgan fingerprint density at radius 2 is 1.79 bits per heavy atom. The highest BCUT2D eigenvalue weighted by molar-refractivity contribution is 7.90. The van der Waals surface area contributed by atoms with Crippen molar-refractivity contribution in [3.8, 4) is 11.3 Å². The minimum Gasteiger partial charge on any atom is -0.344 e. The molecule has 0 saturated heterocycles. The van der Waals surface area contributed by atoms with E-state index in [0.717, 1.165) is 32.4 Å². The Hall–Kier alpha value is -2.35. The summed E-state index contributed by atoms with van der Waals surface area (Å²) in [6.45, 7) is 0. The van der Waals surface area contributed by atoms with Crippen LogP contribution >= 0.6 is 11.3 Å². The number of nitrogens with zero attached hydrogens (tertiary/aromatic N) is 2. The zero-order valence-electron chi connectivity index (χ0n) is 12.9. The smallest absolute Gasteiger partial charge is 0.175 e. The van der Waals surface area contributed by atoms with Crippen LogP contribution in [0.5, 0.6) is 0 Å². The number of benzene rings is 2. The maximum absolute atomic E-state index is 11.6. The number of fused-ring (bicyclic) bond motifs is 2. The maximum Gasteiger partial charge on any atom is 0.175 e. The topological polar surface area (TPSA) is 94.9 Å². The first-order valence-corrected chi connectivity index (χ1v) is 9.72. The van der Waals surface area contributed by atoms with E-state index in [1.807, 2.05) is 35.8 Å². The van der Waals surface area contributed by atoms with Crippen molar-refractivity contribution in [3.63, 3.8) is 0 Å². The van der Waals surface area contributed by atoms with Gasteiger partial charge < -0.3 is 6.15 Å². The summed E-state index contributed by atoms with van der Waals surface area (Å²) in [6, 6.07) is 14.9. The summed E-state index contributed by atoms with van der Waals surface area (Å²) in [4.78, 5) is 9.28. The van der Waals surface area contributed by atoms with E-state index in [1.165, 1.54) is 6.26 Å². The number of hydrogen-bond acceptors (Lipinski definition) is 6. The third-order valence-corrected chi connectivity index (χ3v) is 5.64. The van der Waals surface area contributed by atoms with Crippen LogP contribution in [0.15, 0.2) is 58.9 Å². The molecule has 0 spiro atoms. The fourth-order valence-electron chi connectivity index (χ4n) is 2.51. The van der Waals surface area contributed by atoms with Gasteiger partial charge >= 0.3 is 0 Å². The van der Waals surface area contributed by atoms with Gasteiger partial charge in [0.15, 0.2) is 9.84 Å². The molecule has 3 N–H and O–H groups in total. The van der Waals surface area contributed by atoms with E-state index in [2.05, 4.69) is 9.97 Å². The van der Waals surface area contributed by atoms with Crippen molar-refractivity contribution in [2.45, 2.75) is 4.90 Å². The molecule has 0 aliphatic carbocycles. The molecule has 0 bridgehead atoms. The maximum atomic E-state index is 11.6. The Morgan fingerprint density at radius 1 is 0.958 bits per heavy atom. The van der Waals surface area contributed by atoms with Crippen LogP contribution in [0.4, 0.5) is 0 Å². The quantitative estimate of drug-likeness (QED) is 0.583. The monoisotopic (exact) mass is 357 g/mol. The van der Waals surface area contributed by atoms with Crippen LogP contribution in [-0.4, -0.2) is 24.6 Å². The molecule has 4 aromatic rings. The standard InChI is InChI=1S/C17H12N2O2S2.H3N/c1-23(20,21)13-4-6-15-11(8-13)2-5-14(19-15)12-3-7-17-16(9-12)18-10-22-17;/h2-10H,1H3;1H3. The molecule has 2 aromatic carbocycles. The molecule has 0 fully saturated rings. The number of aromatic nitrogens is 2. The van der Waals surface area contributed by atoms with Crippen molar-refractivity contribution in [2.75, 3.05) is 6.26 Å². The molecule has 5 nitrogen and oxygen atoms in total. The van der Waals surface area contributed by atoms with E-state index >= 15 is 0 Å². The summed E-state index contributed by atoms with van der Waals surface area (Å²) < 4.78 is 24.4. The lowest BCUT2D eigenvalue weighted by molar-refractivity contribution is 0.602. The third kappa shape index (κ3) is 2.89. The number of sulfone groups is 1. The predicted molar refractivity (Wildman–Crippen MR) is 98.5 cm³/mol.